The van der Waals surface area contributed by atoms with Gasteiger partial charge in [0.05, 0.1) is 14.2 Å². The van der Waals surface area contributed by atoms with Crippen molar-refractivity contribution in [3.8, 4) is 11.5 Å². The third-order valence-corrected chi connectivity index (χ3v) is 4.00. The molecule has 0 saturated carbocycles. The lowest BCUT2D eigenvalue weighted by Gasteiger charge is -2.10. The number of benzene rings is 2. The Labute approximate surface area is 134 Å². The van der Waals surface area contributed by atoms with E-state index >= 15 is 0 Å². The van der Waals surface area contributed by atoms with Crippen LogP contribution in [-0.4, -0.2) is 20.0 Å². The predicted molar refractivity (Wildman–Crippen MR) is 84.8 cm³/mol. The molecule has 5 heteroatoms. The molecule has 3 nitrogen and oxygen atoms in total. The van der Waals surface area contributed by atoms with Crippen molar-refractivity contribution in [1.29, 1.82) is 0 Å². The van der Waals surface area contributed by atoms with Crippen LogP contribution in [0, 0.1) is 0 Å². The van der Waals surface area contributed by atoms with Crippen LogP contribution in [0.4, 0.5) is 0 Å². The molecule has 0 saturated heterocycles. The number of hydrogen-bond donors (Lipinski definition) is 0. The second-order valence-electron chi connectivity index (χ2n) is 4.02. The zero-order valence-corrected chi connectivity index (χ0v) is 14.1. The summed E-state index contributed by atoms with van der Waals surface area (Å²) in [6.45, 7) is 0. The molecule has 0 bridgehead atoms. The number of methoxy groups -OCH3 is 2. The van der Waals surface area contributed by atoms with E-state index < -0.39 is 0 Å². The molecule has 20 heavy (non-hydrogen) atoms. The van der Waals surface area contributed by atoms with Crippen LogP contribution in [-0.2, 0) is 0 Å². The largest absolute Gasteiger partial charge is 0.493 e. The Morgan fingerprint density at radius 3 is 2.30 bits per heavy atom. The van der Waals surface area contributed by atoms with E-state index in [-0.39, 0.29) is 5.78 Å². The zero-order valence-electron chi connectivity index (χ0n) is 10.9. The van der Waals surface area contributed by atoms with Crippen LogP contribution >= 0.6 is 31.9 Å². The number of halogens is 2. The van der Waals surface area contributed by atoms with E-state index in [9.17, 15) is 4.79 Å². The molecule has 0 fully saturated rings. The van der Waals surface area contributed by atoms with E-state index in [1.807, 2.05) is 12.1 Å². The summed E-state index contributed by atoms with van der Waals surface area (Å²) in [5, 5.41) is 0. The minimum atomic E-state index is -0.0841. The van der Waals surface area contributed by atoms with Gasteiger partial charge in [0.2, 0.25) is 0 Å². The van der Waals surface area contributed by atoms with Gasteiger partial charge in [-0.25, -0.2) is 0 Å². The van der Waals surface area contributed by atoms with E-state index in [2.05, 4.69) is 31.9 Å². The first-order valence-electron chi connectivity index (χ1n) is 5.78. The lowest BCUT2D eigenvalue weighted by atomic mass is 10.0. The zero-order chi connectivity index (χ0) is 14.7. The van der Waals surface area contributed by atoms with Gasteiger partial charge in [0.15, 0.2) is 17.3 Å². The first-order valence-corrected chi connectivity index (χ1v) is 7.37. The molecule has 0 amide bonds. The van der Waals surface area contributed by atoms with Gasteiger partial charge >= 0.3 is 0 Å². The highest BCUT2D eigenvalue weighted by Crippen LogP contribution is 2.30. The highest BCUT2D eigenvalue weighted by atomic mass is 79.9. The molecule has 0 aliphatic heterocycles. The SMILES string of the molecule is COc1ccc(C(=O)c2cc(Br)ccc2Br)cc1OC. The van der Waals surface area contributed by atoms with E-state index in [4.69, 9.17) is 9.47 Å². The summed E-state index contributed by atoms with van der Waals surface area (Å²) in [5.41, 5.74) is 1.13. The van der Waals surface area contributed by atoms with Gasteiger partial charge in [-0.3, -0.25) is 4.79 Å². The minimum absolute atomic E-state index is 0.0841. The van der Waals surface area contributed by atoms with E-state index in [1.165, 1.54) is 0 Å². The van der Waals surface area contributed by atoms with Gasteiger partial charge in [-0.15, -0.1) is 0 Å². The Balaban J connectivity index is 2.45. The van der Waals surface area contributed by atoms with Gasteiger partial charge in [-0.1, -0.05) is 31.9 Å². The first-order chi connectivity index (χ1) is 9.56. The van der Waals surface area contributed by atoms with Crippen molar-refractivity contribution in [3.05, 3.63) is 56.5 Å². The number of carbonyl (C=O) groups excluding carboxylic acids is 1. The molecule has 0 unspecified atom stereocenters. The molecule has 0 spiro atoms. The second-order valence-corrected chi connectivity index (χ2v) is 5.79. The molecule has 104 valence electrons. The molecule has 2 rings (SSSR count). The molecule has 0 aliphatic rings. The molecule has 2 aromatic carbocycles. The van der Waals surface area contributed by atoms with Crippen LogP contribution in [0.15, 0.2) is 45.3 Å². The summed E-state index contributed by atoms with van der Waals surface area (Å²) < 4.78 is 12.0. The van der Waals surface area contributed by atoms with Crippen molar-refractivity contribution in [1.82, 2.24) is 0 Å². The number of ketones is 1. The summed E-state index contributed by atoms with van der Waals surface area (Å²) in [6.07, 6.45) is 0. The van der Waals surface area contributed by atoms with Crippen LogP contribution in [0.1, 0.15) is 15.9 Å². The molecular weight excluding hydrogens is 388 g/mol. The van der Waals surface area contributed by atoms with Gasteiger partial charge < -0.3 is 9.47 Å². The molecule has 0 aliphatic carbocycles. The third kappa shape index (κ3) is 3.04. The van der Waals surface area contributed by atoms with Crippen LogP contribution < -0.4 is 9.47 Å². The van der Waals surface area contributed by atoms with Crippen molar-refractivity contribution < 1.29 is 14.3 Å². The van der Waals surface area contributed by atoms with Crippen LogP contribution in [0.2, 0.25) is 0 Å². The summed E-state index contributed by atoms with van der Waals surface area (Å²) >= 11 is 6.76. The highest BCUT2D eigenvalue weighted by molar-refractivity contribution is 9.11. The van der Waals surface area contributed by atoms with Crippen LogP contribution in [0.3, 0.4) is 0 Å². The average molecular weight is 400 g/mol. The lowest BCUT2D eigenvalue weighted by Crippen LogP contribution is -2.03. The molecule has 0 radical (unpaired) electrons. The molecule has 2 aromatic rings. The fourth-order valence-electron chi connectivity index (χ4n) is 1.80. The van der Waals surface area contributed by atoms with Gasteiger partial charge in [0, 0.05) is 20.1 Å². The summed E-state index contributed by atoms with van der Waals surface area (Å²) in [6, 6.07) is 10.6. The van der Waals surface area contributed by atoms with Crippen LogP contribution in [0.5, 0.6) is 11.5 Å². The minimum Gasteiger partial charge on any atom is -0.493 e. The maximum atomic E-state index is 12.5. The number of rotatable bonds is 4. The Kier molecular flexibility index (Phi) is 4.83. The van der Waals surface area contributed by atoms with E-state index in [1.54, 1.807) is 38.5 Å². The summed E-state index contributed by atoms with van der Waals surface area (Å²) in [4.78, 5) is 12.5. The van der Waals surface area contributed by atoms with E-state index in [0.717, 1.165) is 8.95 Å². The van der Waals surface area contributed by atoms with Gasteiger partial charge in [-0.05, 0) is 36.4 Å². The van der Waals surface area contributed by atoms with Crippen LogP contribution in [0.25, 0.3) is 0 Å². The number of carbonyl (C=O) groups is 1. The Hall–Kier alpha value is -1.33. The molecule has 0 heterocycles. The van der Waals surface area contributed by atoms with Gasteiger partial charge in [0.1, 0.15) is 0 Å². The van der Waals surface area contributed by atoms with E-state index in [0.29, 0.717) is 22.6 Å². The Morgan fingerprint density at radius 2 is 1.65 bits per heavy atom. The first kappa shape index (κ1) is 15.1. The molecule has 0 N–H and O–H groups in total. The van der Waals surface area contributed by atoms with Gasteiger partial charge in [-0.2, -0.15) is 0 Å². The maximum absolute atomic E-state index is 12.5. The normalized spacial score (nSPS) is 10.2. The van der Waals surface area contributed by atoms with Crippen molar-refractivity contribution in [3.63, 3.8) is 0 Å². The fraction of sp³-hybridized carbons (Fsp3) is 0.133. The molecule has 0 aromatic heterocycles. The predicted octanol–water partition coefficient (Wildman–Crippen LogP) is 4.46. The standard InChI is InChI=1S/C15H12Br2O3/c1-19-13-6-3-9(7-14(13)20-2)15(18)11-8-10(16)4-5-12(11)17/h3-8H,1-2H3. The summed E-state index contributed by atoms with van der Waals surface area (Å²) in [7, 11) is 3.10. The molecular formula is C15H12Br2O3. The van der Waals surface area contributed by atoms with Crippen molar-refractivity contribution >= 4 is 37.6 Å². The third-order valence-electron chi connectivity index (χ3n) is 2.82. The maximum Gasteiger partial charge on any atom is 0.194 e. The van der Waals surface area contributed by atoms with Gasteiger partial charge in [0.25, 0.3) is 0 Å². The Morgan fingerprint density at radius 1 is 0.950 bits per heavy atom. The number of ether oxygens (including phenoxy) is 2. The highest BCUT2D eigenvalue weighted by Gasteiger charge is 2.15. The van der Waals surface area contributed by atoms with Crippen molar-refractivity contribution in [2.45, 2.75) is 0 Å². The molecule has 0 atom stereocenters. The average Bonchev–Trinajstić information content (AvgIpc) is 2.48. The van der Waals surface area contributed by atoms with Crippen molar-refractivity contribution in [2.75, 3.05) is 14.2 Å². The second kappa shape index (κ2) is 6.41. The quantitative estimate of drug-likeness (QED) is 0.712. The topological polar surface area (TPSA) is 35.5 Å². The van der Waals surface area contributed by atoms with Crippen molar-refractivity contribution in [2.24, 2.45) is 0 Å². The lowest BCUT2D eigenvalue weighted by molar-refractivity contribution is 0.103. The fourth-order valence-corrected chi connectivity index (χ4v) is 2.59. The number of hydrogen-bond acceptors (Lipinski definition) is 3. The Bertz CT molecular complexity index is 654. The monoisotopic (exact) mass is 398 g/mol. The smallest absolute Gasteiger partial charge is 0.194 e. The summed E-state index contributed by atoms with van der Waals surface area (Å²) in [5.74, 6) is 1.04.